The zero-order chi connectivity index (χ0) is 11.5. The van der Waals surface area contributed by atoms with Gasteiger partial charge in [-0.05, 0) is 12.0 Å². The van der Waals surface area contributed by atoms with Crippen LogP contribution in [0.3, 0.4) is 0 Å². The molecule has 5 nitrogen and oxygen atoms in total. The van der Waals surface area contributed by atoms with Crippen LogP contribution in [0.4, 0.5) is 4.79 Å². The van der Waals surface area contributed by atoms with E-state index in [1.54, 1.807) is 0 Å². The number of nitrogens with one attached hydrogen (secondary N) is 1. The van der Waals surface area contributed by atoms with E-state index in [4.69, 9.17) is 5.11 Å². The van der Waals surface area contributed by atoms with Crippen LogP contribution in [-0.4, -0.2) is 29.3 Å². The Morgan fingerprint density at radius 1 is 1.38 bits per heavy atom. The number of amides is 1. The highest BCUT2D eigenvalue weighted by Gasteiger charge is 2.39. The van der Waals surface area contributed by atoms with E-state index in [1.807, 2.05) is 30.3 Å². The van der Waals surface area contributed by atoms with E-state index in [9.17, 15) is 9.59 Å². The zero-order valence-electron chi connectivity index (χ0n) is 8.42. The molecule has 2 N–H and O–H groups in total. The number of carbonyl (C=O) groups is 2. The number of hydrogen-bond donors (Lipinski definition) is 2. The Bertz CT molecular complexity index is 404. The molecule has 1 aliphatic heterocycles. The Labute approximate surface area is 92.0 Å². The summed E-state index contributed by atoms with van der Waals surface area (Å²) < 4.78 is 4.66. The minimum atomic E-state index is -1.13. The molecule has 1 fully saturated rings. The molecule has 2 rings (SSSR count). The van der Waals surface area contributed by atoms with Gasteiger partial charge >= 0.3 is 12.1 Å². The van der Waals surface area contributed by atoms with Gasteiger partial charge in [0.15, 0.2) is 0 Å². The average Bonchev–Trinajstić information content (AvgIpc) is 2.61. The molecule has 0 saturated carbocycles. The molecule has 1 saturated heterocycles. The summed E-state index contributed by atoms with van der Waals surface area (Å²) in [5, 5.41) is 11.4. The number of benzene rings is 1. The summed E-state index contributed by atoms with van der Waals surface area (Å²) in [7, 11) is 0. The van der Waals surface area contributed by atoms with Crippen molar-refractivity contribution in [2.75, 3.05) is 0 Å². The highest BCUT2D eigenvalue weighted by atomic mass is 16.6. The molecule has 0 aromatic heterocycles. The number of carboxylic acids is 1. The van der Waals surface area contributed by atoms with Crippen LogP contribution in [-0.2, 0) is 16.0 Å². The lowest BCUT2D eigenvalue weighted by atomic mass is 10.0. The number of carbonyl (C=O) groups excluding carboxylic acids is 1. The van der Waals surface area contributed by atoms with E-state index in [-0.39, 0.29) is 0 Å². The molecule has 16 heavy (non-hydrogen) atoms. The van der Waals surface area contributed by atoms with Crippen molar-refractivity contribution >= 4 is 12.1 Å². The van der Waals surface area contributed by atoms with Crippen LogP contribution >= 0.6 is 0 Å². The molecule has 2 atom stereocenters. The molecule has 0 unspecified atom stereocenters. The second-order valence-corrected chi connectivity index (χ2v) is 3.60. The normalized spacial score (nSPS) is 23.6. The van der Waals surface area contributed by atoms with Gasteiger partial charge in [-0.2, -0.15) is 0 Å². The third kappa shape index (κ3) is 2.13. The molecule has 0 spiro atoms. The first-order valence-corrected chi connectivity index (χ1v) is 4.90. The van der Waals surface area contributed by atoms with Crippen LogP contribution in [0.5, 0.6) is 0 Å². The minimum absolute atomic E-state index is 0.448. The lowest BCUT2D eigenvalue weighted by Crippen LogP contribution is -2.38. The van der Waals surface area contributed by atoms with E-state index in [2.05, 4.69) is 10.1 Å². The Morgan fingerprint density at radius 3 is 2.69 bits per heavy atom. The fourth-order valence-electron chi connectivity index (χ4n) is 1.71. The maximum Gasteiger partial charge on any atom is 0.408 e. The predicted octanol–water partition coefficient (Wildman–Crippen LogP) is 0.791. The topological polar surface area (TPSA) is 75.6 Å². The third-order valence-electron chi connectivity index (χ3n) is 2.44. The summed E-state index contributed by atoms with van der Waals surface area (Å²) in [6, 6.07) is 8.85. The lowest BCUT2D eigenvalue weighted by Gasteiger charge is -2.12. The molecule has 5 heteroatoms. The number of ether oxygens (including phenoxy) is 1. The van der Waals surface area contributed by atoms with Gasteiger partial charge in [-0.3, -0.25) is 0 Å². The summed E-state index contributed by atoms with van der Waals surface area (Å²) in [4.78, 5) is 21.8. The van der Waals surface area contributed by atoms with Gasteiger partial charge in [-0.15, -0.1) is 0 Å². The van der Waals surface area contributed by atoms with Gasteiger partial charge in [-0.1, -0.05) is 30.3 Å². The molecule has 0 bridgehead atoms. The standard InChI is InChI=1S/C11H11NO4/c13-10(14)9-8(12-11(15)16-9)6-7-4-2-1-3-5-7/h1-5,8-9H,6H2,(H,12,15)(H,13,14)/t8-,9-/m0/s1. The lowest BCUT2D eigenvalue weighted by molar-refractivity contribution is -0.145. The van der Waals surface area contributed by atoms with Gasteiger partial charge in [-0.25, -0.2) is 9.59 Å². The number of alkyl carbamates (subject to hydrolysis) is 1. The Balaban J connectivity index is 2.09. The van der Waals surface area contributed by atoms with Gasteiger partial charge in [0.1, 0.15) is 0 Å². The van der Waals surface area contributed by atoms with E-state index in [1.165, 1.54) is 0 Å². The Hall–Kier alpha value is -2.04. The first-order valence-electron chi connectivity index (χ1n) is 4.90. The summed E-state index contributed by atoms with van der Waals surface area (Å²) in [5.41, 5.74) is 0.963. The molecule has 1 amide bonds. The van der Waals surface area contributed by atoms with Gasteiger partial charge in [0.25, 0.3) is 0 Å². The number of carboxylic acid groups (broad SMARTS) is 1. The van der Waals surface area contributed by atoms with Crippen molar-refractivity contribution in [1.29, 1.82) is 0 Å². The maximum atomic E-state index is 11.0. The molecule has 0 radical (unpaired) electrons. The van der Waals surface area contributed by atoms with E-state index >= 15 is 0 Å². The second kappa shape index (κ2) is 4.22. The summed E-state index contributed by atoms with van der Waals surface area (Å²) in [6.07, 6.45) is -1.33. The SMILES string of the molecule is O=C1N[C@@H](Cc2ccccc2)[C@@H](C(=O)O)O1. The van der Waals surface area contributed by atoms with Gasteiger partial charge in [0.2, 0.25) is 6.10 Å². The van der Waals surface area contributed by atoms with E-state index in [0.717, 1.165) is 5.56 Å². The molecular formula is C11H11NO4. The van der Waals surface area contributed by atoms with Gasteiger partial charge < -0.3 is 15.2 Å². The van der Waals surface area contributed by atoms with Crippen molar-refractivity contribution in [1.82, 2.24) is 5.32 Å². The minimum Gasteiger partial charge on any atom is -0.478 e. The van der Waals surface area contributed by atoms with Crippen LogP contribution in [0.15, 0.2) is 30.3 Å². The summed E-state index contributed by atoms with van der Waals surface area (Å²) in [6.45, 7) is 0. The summed E-state index contributed by atoms with van der Waals surface area (Å²) >= 11 is 0. The molecule has 1 aromatic carbocycles. The predicted molar refractivity (Wildman–Crippen MR) is 55.0 cm³/mol. The fraction of sp³-hybridized carbons (Fsp3) is 0.273. The molecular weight excluding hydrogens is 210 g/mol. The number of hydrogen-bond acceptors (Lipinski definition) is 3. The molecule has 1 aromatic rings. The monoisotopic (exact) mass is 221 g/mol. The average molecular weight is 221 g/mol. The van der Waals surface area contributed by atoms with Crippen molar-refractivity contribution in [2.45, 2.75) is 18.6 Å². The van der Waals surface area contributed by atoms with Crippen LogP contribution in [0.25, 0.3) is 0 Å². The molecule has 84 valence electrons. The largest absolute Gasteiger partial charge is 0.478 e. The second-order valence-electron chi connectivity index (χ2n) is 3.60. The zero-order valence-corrected chi connectivity index (χ0v) is 8.42. The first kappa shape index (κ1) is 10.5. The van der Waals surface area contributed by atoms with E-state index in [0.29, 0.717) is 6.42 Å². The Kier molecular flexibility index (Phi) is 2.76. The van der Waals surface area contributed by atoms with Gasteiger partial charge in [0, 0.05) is 0 Å². The quantitative estimate of drug-likeness (QED) is 0.791. The van der Waals surface area contributed by atoms with Crippen LogP contribution in [0.2, 0.25) is 0 Å². The van der Waals surface area contributed by atoms with E-state index < -0.39 is 24.2 Å². The first-order chi connectivity index (χ1) is 7.66. The van der Waals surface area contributed by atoms with Crippen LogP contribution in [0, 0.1) is 0 Å². The van der Waals surface area contributed by atoms with Crippen LogP contribution in [0.1, 0.15) is 5.56 Å². The molecule has 0 aliphatic carbocycles. The van der Waals surface area contributed by atoms with Crippen molar-refractivity contribution in [3.8, 4) is 0 Å². The maximum absolute atomic E-state index is 11.0. The van der Waals surface area contributed by atoms with Crippen molar-refractivity contribution < 1.29 is 19.4 Å². The smallest absolute Gasteiger partial charge is 0.408 e. The van der Waals surface area contributed by atoms with Crippen molar-refractivity contribution in [3.05, 3.63) is 35.9 Å². The summed E-state index contributed by atoms with van der Waals surface area (Å²) in [5.74, 6) is -1.13. The third-order valence-corrected chi connectivity index (χ3v) is 2.44. The van der Waals surface area contributed by atoms with Gasteiger partial charge in [0.05, 0.1) is 6.04 Å². The highest BCUT2D eigenvalue weighted by Crippen LogP contribution is 2.14. The number of aliphatic carboxylic acids is 1. The number of rotatable bonds is 3. The van der Waals surface area contributed by atoms with Crippen molar-refractivity contribution in [3.63, 3.8) is 0 Å². The molecule has 1 aliphatic rings. The Morgan fingerprint density at radius 2 is 2.06 bits per heavy atom. The van der Waals surface area contributed by atoms with Crippen molar-refractivity contribution in [2.24, 2.45) is 0 Å². The number of cyclic esters (lactones) is 1. The fourth-order valence-corrected chi connectivity index (χ4v) is 1.71. The molecule has 1 heterocycles. The highest BCUT2D eigenvalue weighted by molar-refractivity contribution is 5.82. The van der Waals surface area contributed by atoms with Crippen LogP contribution < -0.4 is 5.32 Å².